The molecule has 2 N–H and O–H groups in total. The lowest BCUT2D eigenvalue weighted by Crippen LogP contribution is -2.16. The number of nitrogens with two attached hydrogens (primary N) is 1. The molecular formula is C19H19ClN8OS. The molecule has 4 rings (SSSR count). The number of hydrogen-bond donors (Lipinski definition) is 1. The van der Waals surface area contributed by atoms with Gasteiger partial charge < -0.3 is 15.1 Å². The molecule has 0 amide bonds. The molecule has 0 aliphatic rings. The zero-order valence-electron chi connectivity index (χ0n) is 16.4. The number of rotatable bonds is 7. The highest BCUT2D eigenvalue weighted by Gasteiger charge is 2.17. The molecule has 9 nitrogen and oxygen atoms in total. The van der Waals surface area contributed by atoms with Crippen LogP contribution in [0.1, 0.15) is 11.6 Å². The van der Waals surface area contributed by atoms with E-state index in [2.05, 4.69) is 25.1 Å². The van der Waals surface area contributed by atoms with Crippen LogP contribution in [-0.2, 0) is 12.3 Å². The number of anilines is 2. The van der Waals surface area contributed by atoms with Gasteiger partial charge in [-0.15, -0.1) is 10.2 Å². The molecule has 0 bridgehead atoms. The Morgan fingerprint density at radius 1 is 1.10 bits per heavy atom. The summed E-state index contributed by atoms with van der Waals surface area (Å²) in [5.41, 5.74) is 6.73. The summed E-state index contributed by atoms with van der Waals surface area (Å²) in [6, 6.07) is 11.2. The minimum Gasteiger partial charge on any atom is -0.467 e. The summed E-state index contributed by atoms with van der Waals surface area (Å²) in [5.74, 6) is 3.24. The molecule has 0 saturated carbocycles. The highest BCUT2D eigenvalue weighted by Crippen LogP contribution is 2.28. The first-order valence-electron chi connectivity index (χ1n) is 9.01. The van der Waals surface area contributed by atoms with Crippen molar-refractivity contribution in [2.75, 3.05) is 24.7 Å². The standard InChI is InChI=1S/C19H19ClN8OS/c1-27(2)18-23-15(22-17(21)24-18)11-30-19-26-25-16(12-5-7-13(20)8-6-12)28(19)10-14-4-3-9-29-14/h3-9H,10-11H2,1-2H3,(H2,21,22,23,24). The van der Waals surface area contributed by atoms with Gasteiger partial charge in [-0.25, -0.2) is 0 Å². The molecule has 3 heterocycles. The highest BCUT2D eigenvalue weighted by atomic mass is 35.5. The van der Waals surface area contributed by atoms with Crippen LogP contribution in [0.25, 0.3) is 11.4 Å². The Kier molecular flexibility index (Phi) is 5.86. The predicted molar refractivity (Wildman–Crippen MR) is 116 cm³/mol. The number of nitrogen functional groups attached to an aromatic ring is 1. The van der Waals surface area contributed by atoms with Crippen molar-refractivity contribution in [1.29, 1.82) is 0 Å². The van der Waals surface area contributed by atoms with Crippen molar-refractivity contribution in [1.82, 2.24) is 29.7 Å². The Labute approximate surface area is 182 Å². The molecule has 0 radical (unpaired) electrons. The molecule has 154 valence electrons. The molecule has 3 aromatic heterocycles. The first-order chi connectivity index (χ1) is 14.5. The number of thioether (sulfide) groups is 1. The van der Waals surface area contributed by atoms with E-state index in [0.29, 0.717) is 34.2 Å². The molecule has 0 atom stereocenters. The van der Waals surface area contributed by atoms with E-state index < -0.39 is 0 Å². The number of furan rings is 1. The molecule has 30 heavy (non-hydrogen) atoms. The minimum atomic E-state index is 0.184. The summed E-state index contributed by atoms with van der Waals surface area (Å²) in [5, 5.41) is 10.1. The Morgan fingerprint density at radius 2 is 1.90 bits per heavy atom. The number of hydrogen-bond acceptors (Lipinski definition) is 9. The molecule has 0 aliphatic heterocycles. The second-order valence-corrected chi connectivity index (χ2v) is 7.95. The van der Waals surface area contributed by atoms with Gasteiger partial charge in [0.15, 0.2) is 11.0 Å². The normalized spacial score (nSPS) is 11.0. The summed E-state index contributed by atoms with van der Waals surface area (Å²) in [7, 11) is 3.70. The monoisotopic (exact) mass is 442 g/mol. The van der Waals surface area contributed by atoms with Gasteiger partial charge in [-0.1, -0.05) is 23.4 Å². The second-order valence-electron chi connectivity index (χ2n) is 6.57. The predicted octanol–water partition coefficient (Wildman–Crippen LogP) is 3.37. The number of nitrogens with zero attached hydrogens (tertiary/aromatic N) is 7. The molecule has 1 aromatic carbocycles. The van der Waals surface area contributed by atoms with Crippen molar-refractivity contribution in [2.45, 2.75) is 17.5 Å². The maximum Gasteiger partial charge on any atom is 0.229 e. The number of aromatic nitrogens is 6. The number of benzene rings is 1. The van der Waals surface area contributed by atoms with E-state index in [1.807, 2.05) is 55.1 Å². The molecular weight excluding hydrogens is 424 g/mol. The van der Waals surface area contributed by atoms with E-state index >= 15 is 0 Å². The van der Waals surface area contributed by atoms with Crippen LogP contribution in [-0.4, -0.2) is 43.8 Å². The average Bonchev–Trinajstić information content (AvgIpc) is 3.37. The molecule has 0 unspecified atom stereocenters. The first-order valence-corrected chi connectivity index (χ1v) is 10.4. The van der Waals surface area contributed by atoms with Crippen LogP contribution in [0.2, 0.25) is 5.02 Å². The van der Waals surface area contributed by atoms with Crippen LogP contribution in [0.15, 0.2) is 52.2 Å². The molecule has 11 heteroatoms. The summed E-state index contributed by atoms with van der Waals surface area (Å²) in [4.78, 5) is 14.6. The van der Waals surface area contributed by atoms with E-state index in [9.17, 15) is 0 Å². The van der Waals surface area contributed by atoms with E-state index in [1.54, 1.807) is 11.2 Å². The van der Waals surface area contributed by atoms with Crippen molar-refractivity contribution in [3.63, 3.8) is 0 Å². The quantitative estimate of drug-likeness (QED) is 0.430. The highest BCUT2D eigenvalue weighted by molar-refractivity contribution is 7.98. The largest absolute Gasteiger partial charge is 0.467 e. The van der Waals surface area contributed by atoms with E-state index in [0.717, 1.165) is 17.1 Å². The van der Waals surface area contributed by atoms with Gasteiger partial charge in [0.2, 0.25) is 11.9 Å². The van der Waals surface area contributed by atoms with Crippen LogP contribution in [0, 0.1) is 0 Å². The van der Waals surface area contributed by atoms with Crippen LogP contribution >= 0.6 is 23.4 Å². The van der Waals surface area contributed by atoms with E-state index in [1.165, 1.54) is 11.8 Å². The molecule has 0 aliphatic carbocycles. The van der Waals surface area contributed by atoms with Gasteiger partial charge in [-0.2, -0.15) is 15.0 Å². The third-order valence-electron chi connectivity index (χ3n) is 4.13. The van der Waals surface area contributed by atoms with Gasteiger partial charge in [0.1, 0.15) is 11.6 Å². The lowest BCUT2D eigenvalue weighted by atomic mass is 10.2. The van der Waals surface area contributed by atoms with E-state index in [4.69, 9.17) is 21.8 Å². The molecule has 0 fully saturated rings. The SMILES string of the molecule is CN(C)c1nc(N)nc(CSc2nnc(-c3ccc(Cl)cc3)n2Cc2ccco2)n1. The lowest BCUT2D eigenvalue weighted by molar-refractivity contribution is 0.485. The zero-order valence-corrected chi connectivity index (χ0v) is 17.9. The maximum absolute atomic E-state index is 6.03. The molecule has 0 saturated heterocycles. The van der Waals surface area contributed by atoms with Crippen LogP contribution in [0.3, 0.4) is 0 Å². The fourth-order valence-corrected chi connectivity index (χ4v) is 3.65. The summed E-state index contributed by atoms with van der Waals surface area (Å²) in [6.45, 7) is 0.489. The van der Waals surface area contributed by atoms with Crippen molar-refractivity contribution >= 4 is 35.3 Å². The Hall–Kier alpha value is -3.11. The summed E-state index contributed by atoms with van der Waals surface area (Å²) >= 11 is 7.49. The minimum absolute atomic E-state index is 0.184. The van der Waals surface area contributed by atoms with Gasteiger partial charge in [-0.3, -0.25) is 4.57 Å². The Morgan fingerprint density at radius 3 is 2.60 bits per heavy atom. The maximum atomic E-state index is 6.03. The first kappa shape index (κ1) is 20.2. The lowest BCUT2D eigenvalue weighted by Gasteiger charge is -2.11. The number of halogens is 1. The fourth-order valence-electron chi connectivity index (χ4n) is 2.73. The van der Waals surface area contributed by atoms with Crippen LogP contribution in [0.4, 0.5) is 11.9 Å². The van der Waals surface area contributed by atoms with E-state index in [-0.39, 0.29) is 5.95 Å². The average molecular weight is 443 g/mol. The van der Waals surface area contributed by atoms with Gasteiger partial charge in [-0.05, 0) is 36.4 Å². The molecule has 0 spiro atoms. The van der Waals surface area contributed by atoms with Crippen molar-refractivity contribution in [3.8, 4) is 11.4 Å². The molecule has 4 aromatic rings. The topological polar surface area (TPSA) is 112 Å². The fraction of sp³-hybridized carbons (Fsp3) is 0.211. The van der Waals surface area contributed by atoms with Crippen LogP contribution < -0.4 is 10.6 Å². The van der Waals surface area contributed by atoms with Gasteiger partial charge in [0.25, 0.3) is 0 Å². The van der Waals surface area contributed by atoms with Crippen molar-refractivity contribution in [3.05, 3.63) is 59.3 Å². The van der Waals surface area contributed by atoms with Gasteiger partial charge in [0.05, 0.1) is 18.6 Å². The Balaban J connectivity index is 1.63. The van der Waals surface area contributed by atoms with Crippen molar-refractivity contribution in [2.24, 2.45) is 0 Å². The zero-order chi connectivity index (χ0) is 21.1. The third kappa shape index (κ3) is 4.55. The van der Waals surface area contributed by atoms with Gasteiger partial charge in [0, 0.05) is 24.7 Å². The van der Waals surface area contributed by atoms with Gasteiger partial charge >= 0.3 is 0 Å². The third-order valence-corrected chi connectivity index (χ3v) is 5.35. The summed E-state index contributed by atoms with van der Waals surface area (Å²) < 4.78 is 7.52. The summed E-state index contributed by atoms with van der Waals surface area (Å²) in [6.07, 6.45) is 1.64. The van der Waals surface area contributed by atoms with Crippen LogP contribution in [0.5, 0.6) is 0 Å². The smallest absolute Gasteiger partial charge is 0.229 e. The Bertz CT molecular complexity index is 1130. The second kappa shape index (κ2) is 8.72. The van der Waals surface area contributed by atoms with Crippen molar-refractivity contribution < 1.29 is 4.42 Å².